The molecule has 2 aromatic rings. The number of benzene rings is 1. The Bertz CT molecular complexity index is 916. The Kier molecular flexibility index (Phi) is 6.95. The van der Waals surface area contributed by atoms with Gasteiger partial charge in [0, 0.05) is 44.5 Å². The number of ether oxygens (including phenoxy) is 1. The molecule has 12 heteroatoms. The van der Waals surface area contributed by atoms with Crippen molar-refractivity contribution in [1.29, 1.82) is 0 Å². The summed E-state index contributed by atoms with van der Waals surface area (Å²) in [7, 11) is 1.58. The first-order chi connectivity index (χ1) is 14.2. The lowest BCUT2D eigenvalue weighted by Gasteiger charge is -2.38. The Morgan fingerprint density at radius 2 is 2.00 bits per heavy atom. The first-order valence-electron chi connectivity index (χ1n) is 9.03. The third-order valence-corrected chi connectivity index (χ3v) is 6.02. The maximum Gasteiger partial charge on any atom is 0.436 e. The molecule has 1 atom stereocenters. The van der Waals surface area contributed by atoms with E-state index in [9.17, 15) is 18.0 Å². The molecule has 1 aliphatic rings. The maximum absolute atomic E-state index is 13.2. The zero-order valence-electron chi connectivity index (χ0n) is 16.0. The summed E-state index contributed by atoms with van der Waals surface area (Å²) in [4.78, 5) is 15.7. The Morgan fingerprint density at radius 1 is 1.33 bits per heavy atom. The Balaban J connectivity index is 1.80. The number of hydrogen-bond acceptors (Lipinski definition) is 6. The monoisotopic (exact) mass is 509 g/mol. The minimum atomic E-state index is -4.74. The smallest absolute Gasteiger partial charge is 0.436 e. The molecule has 0 aliphatic carbocycles. The van der Waals surface area contributed by atoms with E-state index in [1.807, 2.05) is 18.2 Å². The second kappa shape index (κ2) is 9.13. The van der Waals surface area contributed by atoms with Crippen molar-refractivity contribution < 1.29 is 22.7 Å². The van der Waals surface area contributed by atoms with Crippen molar-refractivity contribution in [3.63, 3.8) is 0 Å². The highest BCUT2D eigenvalue weighted by molar-refractivity contribution is 9.10. The summed E-state index contributed by atoms with van der Waals surface area (Å²) in [6.45, 7) is 1.72. The van der Waals surface area contributed by atoms with Crippen LogP contribution in [-0.4, -0.2) is 54.3 Å². The van der Waals surface area contributed by atoms with Gasteiger partial charge in [0.1, 0.15) is 5.75 Å². The van der Waals surface area contributed by atoms with Crippen LogP contribution in [0.3, 0.4) is 0 Å². The fourth-order valence-electron chi connectivity index (χ4n) is 3.42. The van der Waals surface area contributed by atoms with Gasteiger partial charge in [0.05, 0.1) is 22.3 Å². The van der Waals surface area contributed by atoms with Crippen LogP contribution in [0.5, 0.6) is 5.75 Å². The number of nitrogens with two attached hydrogens (primary N) is 1. The van der Waals surface area contributed by atoms with Gasteiger partial charge in [-0.15, -0.1) is 0 Å². The predicted molar refractivity (Wildman–Crippen MR) is 110 cm³/mol. The third-order valence-electron chi connectivity index (χ3n) is 4.97. The number of piperazine rings is 1. The van der Waals surface area contributed by atoms with Crippen LogP contribution >= 0.6 is 27.5 Å². The van der Waals surface area contributed by atoms with E-state index in [1.165, 1.54) is 0 Å². The second-order valence-corrected chi connectivity index (χ2v) is 7.88. The second-order valence-electron chi connectivity index (χ2n) is 6.65. The molecule has 2 N–H and O–H groups in total. The molecule has 0 spiro atoms. The number of alkyl halides is 3. The lowest BCUT2D eigenvalue weighted by molar-refractivity contribution is -0.142. The molecule has 1 unspecified atom stereocenters. The van der Waals surface area contributed by atoms with Crippen LogP contribution in [0.25, 0.3) is 0 Å². The zero-order chi connectivity index (χ0) is 22.1. The number of hydrogen-bond donors (Lipinski definition) is 1. The van der Waals surface area contributed by atoms with Gasteiger partial charge in [-0.1, -0.05) is 11.6 Å². The van der Waals surface area contributed by atoms with Crippen molar-refractivity contribution in [2.24, 2.45) is 5.73 Å². The first kappa shape index (κ1) is 22.9. The van der Waals surface area contributed by atoms with E-state index < -0.39 is 23.1 Å². The van der Waals surface area contributed by atoms with Crippen molar-refractivity contribution in [3.8, 4) is 5.75 Å². The normalized spacial score (nSPS) is 16.6. The van der Waals surface area contributed by atoms with Crippen LogP contribution < -0.4 is 15.4 Å². The van der Waals surface area contributed by atoms with Crippen LogP contribution in [0.4, 0.5) is 18.9 Å². The van der Waals surface area contributed by atoms with E-state index in [4.69, 9.17) is 22.1 Å². The van der Waals surface area contributed by atoms with Gasteiger partial charge >= 0.3 is 6.18 Å². The highest BCUT2D eigenvalue weighted by atomic mass is 79.9. The van der Waals surface area contributed by atoms with Crippen molar-refractivity contribution in [2.45, 2.75) is 18.9 Å². The van der Waals surface area contributed by atoms with Crippen molar-refractivity contribution in [1.82, 2.24) is 14.7 Å². The van der Waals surface area contributed by atoms with Crippen LogP contribution in [0.2, 0.25) is 5.02 Å². The minimum Gasteiger partial charge on any atom is -0.495 e. The fourth-order valence-corrected chi connectivity index (χ4v) is 4.14. The zero-order valence-corrected chi connectivity index (χ0v) is 18.3. The first-order valence-corrected chi connectivity index (χ1v) is 10.2. The summed E-state index contributed by atoms with van der Waals surface area (Å²) < 4.78 is 46.7. The van der Waals surface area contributed by atoms with Gasteiger partial charge in [-0.25, -0.2) is 4.68 Å². The van der Waals surface area contributed by atoms with Gasteiger partial charge in [-0.3, -0.25) is 9.69 Å². The Hall–Kier alpha value is -1.82. The molecule has 164 valence electrons. The summed E-state index contributed by atoms with van der Waals surface area (Å²) in [5.74, 6) is 0.694. The number of carbonyl (C=O) groups is 1. The summed E-state index contributed by atoms with van der Waals surface area (Å²) in [6, 6.07) is 5.72. The van der Waals surface area contributed by atoms with Gasteiger partial charge in [-0.2, -0.15) is 18.3 Å². The van der Waals surface area contributed by atoms with E-state index >= 15 is 0 Å². The lowest BCUT2D eigenvalue weighted by Crippen LogP contribution is -2.49. The summed E-state index contributed by atoms with van der Waals surface area (Å²) in [6.07, 6.45) is -5.21. The number of methoxy groups -OCH3 is 1. The van der Waals surface area contributed by atoms with E-state index in [1.54, 1.807) is 12.0 Å². The maximum atomic E-state index is 13.2. The molecular formula is C18H20BrClF3N5O2. The van der Waals surface area contributed by atoms with Crippen LogP contribution in [-0.2, 0) is 17.5 Å². The quantitative estimate of drug-likeness (QED) is 0.601. The van der Waals surface area contributed by atoms with Crippen molar-refractivity contribution >= 4 is 39.5 Å². The van der Waals surface area contributed by atoms with Crippen LogP contribution in [0, 0.1) is 0 Å². The number of aromatic nitrogens is 2. The standard InChI is InChI=1S/C18H20BrClF3N5O2/c1-30-14-8-11(2-3-12(14)19)26-4-6-27(7-5-26)15(10-29)28-13(9-24)16(20)17(25-28)18(21,22)23/h2-3,8,10,15H,4-7,9,24H2,1H3. The van der Waals surface area contributed by atoms with E-state index in [0.29, 0.717) is 38.2 Å². The van der Waals surface area contributed by atoms with Crippen molar-refractivity contribution in [2.75, 3.05) is 38.2 Å². The van der Waals surface area contributed by atoms with E-state index in [2.05, 4.69) is 25.9 Å². The van der Waals surface area contributed by atoms with Crippen LogP contribution in [0.1, 0.15) is 17.6 Å². The lowest BCUT2D eigenvalue weighted by atomic mass is 10.2. The number of rotatable bonds is 6. The molecule has 1 aromatic carbocycles. The molecule has 0 amide bonds. The summed E-state index contributed by atoms with van der Waals surface area (Å²) in [5.41, 5.74) is 5.28. The van der Waals surface area contributed by atoms with Gasteiger partial charge in [0.2, 0.25) is 0 Å². The van der Waals surface area contributed by atoms with Gasteiger partial charge in [0.15, 0.2) is 18.1 Å². The number of aldehydes is 1. The molecule has 1 aliphatic heterocycles. The number of anilines is 1. The molecule has 7 nitrogen and oxygen atoms in total. The van der Waals surface area contributed by atoms with Gasteiger partial charge < -0.3 is 15.4 Å². The summed E-state index contributed by atoms with van der Waals surface area (Å²) >= 11 is 9.27. The Morgan fingerprint density at radius 3 is 2.53 bits per heavy atom. The minimum absolute atomic E-state index is 0.0267. The highest BCUT2D eigenvalue weighted by Crippen LogP contribution is 2.37. The molecule has 1 aromatic heterocycles. The van der Waals surface area contributed by atoms with E-state index in [-0.39, 0.29) is 12.2 Å². The molecule has 1 saturated heterocycles. The number of halogens is 5. The molecular weight excluding hydrogens is 491 g/mol. The van der Waals surface area contributed by atoms with Crippen LogP contribution in [0.15, 0.2) is 22.7 Å². The topological polar surface area (TPSA) is 76.6 Å². The number of carbonyl (C=O) groups excluding carboxylic acids is 1. The average molecular weight is 511 g/mol. The average Bonchev–Trinajstić information content (AvgIpc) is 3.06. The highest BCUT2D eigenvalue weighted by Gasteiger charge is 2.40. The van der Waals surface area contributed by atoms with Gasteiger partial charge in [-0.05, 0) is 28.1 Å². The largest absolute Gasteiger partial charge is 0.495 e. The van der Waals surface area contributed by atoms with Gasteiger partial charge in [0.25, 0.3) is 0 Å². The number of nitrogens with zero attached hydrogens (tertiary/aromatic N) is 4. The SMILES string of the molecule is COc1cc(N2CCN(C(C=O)n3nc(C(F)(F)F)c(Cl)c3CN)CC2)ccc1Br. The molecule has 1 fully saturated rings. The fraction of sp³-hybridized carbons (Fsp3) is 0.444. The predicted octanol–water partition coefficient (Wildman–Crippen LogP) is 3.30. The summed E-state index contributed by atoms with van der Waals surface area (Å²) in [5, 5.41) is 3.01. The Labute approximate surface area is 184 Å². The van der Waals surface area contributed by atoms with Crippen molar-refractivity contribution in [3.05, 3.63) is 39.1 Å². The molecule has 3 rings (SSSR count). The van der Waals surface area contributed by atoms with E-state index in [0.717, 1.165) is 14.8 Å². The molecule has 30 heavy (non-hydrogen) atoms. The third kappa shape index (κ3) is 4.43. The molecule has 0 saturated carbocycles. The molecule has 0 radical (unpaired) electrons. The molecule has 0 bridgehead atoms. The molecule has 2 heterocycles.